The smallest absolute Gasteiger partial charge is 0.246 e. The maximum Gasteiger partial charge on any atom is 0.246 e. The normalized spacial score (nSPS) is 11.8. The molecule has 1 N–H and O–H groups in total. The Morgan fingerprint density at radius 3 is 2.65 bits per heavy atom. The standard InChI is InChI=1S/C13H22BrN3O2S/c1-4-6-8-17(3)20(18,19)12-9-11(14)10-16-13(12)15-7-5-2/h9-10H,4-8H2,1-3H3,(H,15,16). The van der Waals surface area contributed by atoms with Crippen molar-refractivity contribution < 1.29 is 8.42 Å². The highest BCUT2D eigenvalue weighted by Gasteiger charge is 2.24. The van der Waals surface area contributed by atoms with E-state index in [1.54, 1.807) is 19.3 Å². The zero-order chi connectivity index (χ0) is 15.2. The molecule has 0 fully saturated rings. The van der Waals surface area contributed by atoms with Gasteiger partial charge in [0.25, 0.3) is 0 Å². The van der Waals surface area contributed by atoms with Crippen LogP contribution in [-0.4, -0.2) is 37.8 Å². The van der Waals surface area contributed by atoms with Crippen LogP contribution in [0.5, 0.6) is 0 Å². The summed E-state index contributed by atoms with van der Waals surface area (Å²) in [6.07, 6.45) is 4.30. The minimum absolute atomic E-state index is 0.221. The molecule has 0 aliphatic heterocycles. The molecule has 0 atom stereocenters. The second-order valence-corrected chi connectivity index (χ2v) is 7.54. The molecule has 0 bridgehead atoms. The molecule has 1 rings (SSSR count). The molecule has 7 heteroatoms. The average Bonchev–Trinajstić information content (AvgIpc) is 2.43. The van der Waals surface area contributed by atoms with Crippen LogP contribution in [0.3, 0.4) is 0 Å². The number of pyridine rings is 1. The SMILES string of the molecule is CCCCN(C)S(=O)(=O)c1cc(Br)cnc1NCCC. The van der Waals surface area contributed by atoms with Crippen molar-refractivity contribution in [2.75, 3.05) is 25.5 Å². The molecule has 20 heavy (non-hydrogen) atoms. The number of nitrogens with zero attached hydrogens (tertiary/aromatic N) is 2. The van der Waals surface area contributed by atoms with Crippen LogP contribution in [0.25, 0.3) is 0 Å². The molecule has 0 amide bonds. The zero-order valence-electron chi connectivity index (χ0n) is 12.2. The monoisotopic (exact) mass is 363 g/mol. The summed E-state index contributed by atoms with van der Waals surface area (Å²) in [7, 11) is -1.91. The van der Waals surface area contributed by atoms with Gasteiger partial charge in [-0.2, -0.15) is 0 Å². The fourth-order valence-electron chi connectivity index (χ4n) is 1.66. The van der Waals surface area contributed by atoms with E-state index in [2.05, 4.69) is 26.2 Å². The number of aromatic nitrogens is 1. The van der Waals surface area contributed by atoms with E-state index in [0.29, 0.717) is 23.4 Å². The summed E-state index contributed by atoms with van der Waals surface area (Å²) in [5, 5.41) is 3.07. The number of rotatable bonds is 8. The van der Waals surface area contributed by atoms with E-state index in [1.165, 1.54) is 4.31 Å². The lowest BCUT2D eigenvalue weighted by molar-refractivity contribution is 0.459. The van der Waals surface area contributed by atoms with E-state index in [9.17, 15) is 8.42 Å². The van der Waals surface area contributed by atoms with Crippen LogP contribution in [0.2, 0.25) is 0 Å². The second-order valence-electron chi connectivity index (χ2n) is 4.61. The third kappa shape index (κ3) is 4.43. The minimum atomic E-state index is -3.52. The molecule has 0 radical (unpaired) electrons. The largest absolute Gasteiger partial charge is 0.369 e. The Balaban J connectivity index is 3.11. The maximum atomic E-state index is 12.6. The summed E-state index contributed by atoms with van der Waals surface area (Å²) in [5.41, 5.74) is 0. The van der Waals surface area contributed by atoms with Gasteiger partial charge in [-0.05, 0) is 34.8 Å². The van der Waals surface area contributed by atoms with Gasteiger partial charge in [-0.3, -0.25) is 0 Å². The molecule has 0 aromatic carbocycles. The summed E-state index contributed by atoms with van der Waals surface area (Å²) in [6.45, 7) is 5.26. The fourth-order valence-corrected chi connectivity index (χ4v) is 3.50. The number of hydrogen-bond acceptors (Lipinski definition) is 4. The van der Waals surface area contributed by atoms with Crippen molar-refractivity contribution in [2.45, 2.75) is 38.0 Å². The third-order valence-corrected chi connectivity index (χ3v) is 5.18. The van der Waals surface area contributed by atoms with E-state index in [0.717, 1.165) is 19.3 Å². The number of hydrogen-bond donors (Lipinski definition) is 1. The van der Waals surface area contributed by atoms with Crippen LogP contribution in [-0.2, 0) is 10.0 Å². The molecule has 0 saturated carbocycles. The van der Waals surface area contributed by atoms with Gasteiger partial charge in [0.05, 0.1) is 0 Å². The van der Waals surface area contributed by atoms with E-state index in [1.807, 2.05) is 13.8 Å². The van der Waals surface area contributed by atoms with Crippen LogP contribution in [0.1, 0.15) is 33.1 Å². The fraction of sp³-hybridized carbons (Fsp3) is 0.615. The van der Waals surface area contributed by atoms with Gasteiger partial charge < -0.3 is 5.32 Å². The molecule has 0 aliphatic carbocycles. The van der Waals surface area contributed by atoms with Gasteiger partial charge in [0.15, 0.2) is 0 Å². The number of unbranched alkanes of at least 4 members (excludes halogenated alkanes) is 1. The van der Waals surface area contributed by atoms with Gasteiger partial charge >= 0.3 is 0 Å². The van der Waals surface area contributed by atoms with E-state index in [-0.39, 0.29) is 4.90 Å². The molecule has 5 nitrogen and oxygen atoms in total. The van der Waals surface area contributed by atoms with Gasteiger partial charge in [0.2, 0.25) is 10.0 Å². The first-order valence-electron chi connectivity index (χ1n) is 6.79. The first kappa shape index (κ1) is 17.4. The summed E-state index contributed by atoms with van der Waals surface area (Å²) < 4.78 is 27.2. The Bertz CT molecular complexity index is 534. The number of sulfonamides is 1. The first-order valence-corrected chi connectivity index (χ1v) is 9.02. The van der Waals surface area contributed by atoms with Crippen molar-refractivity contribution in [1.82, 2.24) is 9.29 Å². The van der Waals surface area contributed by atoms with Crippen molar-refractivity contribution >= 4 is 31.8 Å². The summed E-state index contributed by atoms with van der Waals surface area (Å²) >= 11 is 3.29. The van der Waals surface area contributed by atoms with Crippen LogP contribution >= 0.6 is 15.9 Å². The summed E-state index contributed by atoms with van der Waals surface area (Å²) in [6, 6.07) is 1.60. The predicted molar refractivity (Wildman–Crippen MR) is 85.4 cm³/mol. The van der Waals surface area contributed by atoms with Crippen molar-refractivity contribution in [3.63, 3.8) is 0 Å². The van der Waals surface area contributed by atoms with Crippen LogP contribution in [0, 0.1) is 0 Å². The Labute approximate surface area is 130 Å². The molecule has 0 saturated heterocycles. The molecular formula is C13H22BrN3O2S. The van der Waals surface area contributed by atoms with Gasteiger partial charge in [-0.25, -0.2) is 17.7 Å². The molecule has 0 aliphatic rings. The Morgan fingerprint density at radius 1 is 1.35 bits per heavy atom. The minimum Gasteiger partial charge on any atom is -0.369 e. The Hall–Kier alpha value is -0.660. The lowest BCUT2D eigenvalue weighted by atomic mass is 10.3. The Kier molecular flexibility index (Phi) is 6.91. The quantitative estimate of drug-likeness (QED) is 0.770. The average molecular weight is 364 g/mol. The second kappa shape index (κ2) is 7.95. The van der Waals surface area contributed by atoms with Gasteiger partial charge in [0.1, 0.15) is 10.7 Å². The number of nitrogens with one attached hydrogen (secondary N) is 1. The number of anilines is 1. The van der Waals surface area contributed by atoms with Crippen molar-refractivity contribution in [3.8, 4) is 0 Å². The van der Waals surface area contributed by atoms with Gasteiger partial charge in [-0.1, -0.05) is 20.3 Å². The van der Waals surface area contributed by atoms with Crippen LogP contribution in [0.15, 0.2) is 21.6 Å². The van der Waals surface area contributed by atoms with Crippen LogP contribution < -0.4 is 5.32 Å². The van der Waals surface area contributed by atoms with E-state index in [4.69, 9.17) is 0 Å². The number of halogens is 1. The molecule has 114 valence electrons. The third-order valence-electron chi connectivity index (χ3n) is 2.88. The zero-order valence-corrected chi connectivity index (χ0v) is 14.6. The van der Waals surface area contributed by atoms with Crippen molar-refractivity contribution in [1.29, 1.82) is 0 Å². The maximum absolute atomic E-state index is 12.6. The van der Waals surface area contributed by atoms with E-state index < -0.39 is 10.0 Å². The Morgan fingerprint density at radius 2 is 2.05 bits per heavy atom. The summed E-state index contributed by atoms with van der Waals surface area (Å²) in [5.74, 6) is 0.415. The lowest BCUT2D eigenvalue weighted by Gasteiger charge is -2.19. The summed E-state index contributed by atoms with van der Waals surface area (Å²) in [4.78, 5) is 4.40. The van der Waals surface area contributed by atoms with Crippen LogP contribution in [0.4, 0.5) is 5.82 Å². The highest BCUT2D eigenvalue weighted by atomic mass is 79.9. The molecule has 1 aromatic rings. The molecule has 0 unspecified atom stereocenters. The predicted octanol–water partition coefficient (Wildman–Crippen LogP) is 3.09. The van der Waals surface area contributed by atoms with E-state index >= 15 is 0 Å². The highest BCUT2D eigenvalue weighted by Crippen LogP contribution is 2.25. The molecule has 1 heterocycles. The molecular weight excluding hydrogens is 342 g/mol. The van der Waals surface area contributed by atoms with Gasteiger partial charge in [-0.15, -0.1) is 0 Å². The first-order chi connectivity index (χ1) is 9.43. The highest BCUT2D eigenvalue weighted by molar-refractivity contribution is 9.10. The topological polar surface area (TPSA) is 62.3 Å². The molecule has 1 aromatic heterocycles. The lowest BCUT2D eigenvalue weighted by Crippen LogP contribution is -2.29. The van der Waals surface area contributed by atoms with Crippen molar-refractivity contribution in [3.05, 3.63) is 16.7 Å². The van der Waals surface area contributed by atoms with Gasteiger partial charge in [0, 0.05) is 30.8 Å². The van der Waals surface area contributed by atoms with Crippen molar-refractivity contribution in [2.24, 2.45) is 0 Å². The molecule has 0 spiro atoms.